The smallest absolute Gasteiger partial charge is 0.143 e. The van der Waals surface area contributed by atoms with Gasteiger partial charge in [0, 0.05) is 38.8 Å². The average molecular weight is 554 g/mol. The first-order valence-corrected chi connectivity index (χ1v) is 14.5. The van der Waals surface area contributed by atoms with E-state index < -0.39 is 0 Å². The third-order valence-electron chi connectivity index (χ3n) is 8.48. The van der Waals surface area contributed by atoms with E-state index in [9.17, 15) is 5.26 Å². The summed E-state index contributed by atoms with van der Waals surface area (Å²) in [6, 6.07) is 48.1. The molecule has 2 N–H and O–H groups in total. The van der Waals surface area contributed by atoms with Crippen LogP contribution in [-0.4, -0.2) is 4.57 Å². The van der Waals surface area contributed by atoms with Crippen LogP contribution in [0.25, 0.3) is 60.6 Å². The first-order chi connectivity index (χ1) is 21.2. The molecular formula is C39H27N3O. The Morgan fingerprint density at radius 3 is 2.28 bits per heavy atom. The van der Waals surface area contributed by atoms with E-state index in [1.54, 1.807) is 0 Å². The molecule has 8 aromatic rings. The SMILES string of the molecule is N#Cc1cccc(C[C@@H](N)c2ccc(-n3c4ccccc4c4ccc(-c5cccc6c5oc5ccccc56)cc43)cc2)c1. The predicted molar refractivity (Wildman–Crippen MR) is 175 cm³/mol. The summed E-state index contributed by atoms with van der Waals surface area (Å²) in [6.45, 7) is 0. The maximum absolute atomic E-state index is 9.26. The summed E-state index contributed by atoms with van der Waals surface area (Å²) in [4.78, 5) is 0. The van der Waals surface area contributed by atoms with Crippen molar-refractivity contribution in [2.75, 3.05) is 0 Å². The van der Waals surface area contributed by atoms with Crippen molar-refractivity contribution in [3.8, 4) is 22.9 Å². The lowest BCUT2D eigenvalue weighted by Gasteiger charge is -2.14. The van der Waals surface area contributed by atoms with Gasteiger partial charge in [-0.1, -0.05) is 91.0 Å². The number of nitrogens with two attached hydrogens (primary N) is 1. The summed E-state index contributed by atoms with van der Waals surface area (Å²) < 4.78 is 8.71. The first-order valence-electron chi connectivity index (χ1n) is 14.5. The summed E-state index contributed by atoms with van der Waals surface area (Å²) in [5.74, 6) is 0. The third kappa shape index (κ3) is 4.18. The monoisotopic (exact) mass is 553 g/mol. The van der Waals surface area contributed by atoms with Gasteiger partial charge < -0.3 is 14.7 Å². The zero-order chi connectivity index (χ0) is 28.9. The van der Waals surface area contributed by atoms with Crippen molar-refractivity contribution in [2.45, 2.75) is 12.5 Å². The van der Waals surface area contributed by atoms with Gasteiger partial charge in [-0.05, 0) is 65.6 Å². The molecule has 8 rings (SSSR count). The molecular weight excluding hydrogens is 526 g/mol. The Morgan fingerprint density at radius 1 is 0.674 bits per heavy atom. The minimum absolute atomic E-state index is 0.169. The molecule has 0 saturated heterocycles. The number of aromatic nitrogens is 1. The molecule has 0 spiro atoms. The number of nitrogens with zero attached hydrogens (tertiary/aromatic N) is 2. The van der Waals surface area contributed by atoms with Crippen LogP contribution < -0.4 is 5.73 Å². The number of hydrogen-bond donors (Lipinski definition) is 1. The van der Waals surface area contributed by atoms with Gasteiger partial charge in [-0.2, -0.15) is 5.26 Å². The fourth-order valence-corrected chi connectivity index (χ4v) is 6.40. The molecule has 0 amide bonds. The average Bonchev–Trinajstić information content (AvgIpc) is 3.60. The molecule has 1 atom stereocenters. The van der Waals surface area contributed by atoms with Crippen LogP contribution in [0.1, 0.15) is 22.7 Å². The fourth-order valence-electron chi connectivity index (χ4n) is 6.40. The number of nitriles is 1. The van der Waals surface area contributed by atoms with E-state index in [1.807, 2.05) is 36.4 Å². The van der Waals surface area contributed by atoms with E-state index in [2.05, 4.69) is 108 Å². The van der Waals surface area contributed by atoms with Gasteiger partial charge in [-0.25, -0.2) is 0 Å². The van der Waals surface area contributed by atoms with Gasteiger partial charge >= 0.3 is 0 Å². The van der Waals surface area contributed by atoms with Crippen molar-refractivity contribution >= 4 is 43.7 Å². The van der Waals surface area contributed by atoms with Crippen molar-refractivity contribution in [3.05, 3.63) is 150 Å². The lowest BCUT2D eigenvalue weighted by atomic mass is 9.98. The summed E-state index contributed by atoms with van der Waals surface area (Å²) in [5.41, 5.74) is 16.8. The number of benzene rings is 6. The Bertz CT molecular complexity index is 2350. The van der Waals surface area contributed by atoms with E-state index in [0.717, 1.165) is 60.9 Å². The molecule has 0 unspecified atom stereocenters. The Hall–Kier alpha value is -5.63. The highest BCUT2D eigenvalue weighted by atomic mass is 16.3. The van der Waals surface area contributed by atoms with Gasteiger partial charge in [0.1, 0.15) is 11.2 Å². The lowest BCUT2D eigenvalue weighted by molar-refractivity contribution is 0.670. The van der Waals surface area contributed by atoms with Crippen LogP contribution in [0.3, 0.4) is 0 Å². The molecule has 0 aliphatic heterocycles. The summed E-state index contributed by atoms with van der Waals surface area (Å²) >= 11 is 0. The number of furan rings is 1. The maximum Gasteiger partial charge on any atom is 0.143 e. The minimum Gasteiger partial charge on any atom is -0.455 e. The van der Waals surface area contributed by atoms with Gasteiger partial charge in [-0.15, -0.1) is 0 Å². The van der Waals surface area contributed by atoms with E-state index >= 15 is 0 Å². The van der Waals surface area contributed by atoms with Crippen LogP contribution in [0.5, 0.6) is 0 Å². The van der Waals surface area contributed by atoms with Crippen LogP contribution in [0.15, 0.2) is 138 Å². The number of para-hydroxylation sites is 3. The molecule has 4 nitrogen and oxygen atoms in total. The first kappa shape index (κ1) is 25.1. The van der Waals surface area contributed by atoms with Crippen LogP contribution >= 0.6 is 0 Å². The number of rotatable bonds is 5. The molecule has 6 aromatic carbocycles. The fraction of sp³-hybridized carbons (Fsp3) is 0.0513. The van der Waals surface area contributed by atoms with Crippen molar-refractivity contribution < 1.29 is 4.42 Å². The van der Waals surface area contributed by atoms with Crippen molar-refractivity contribution in [2.24, 2.45) is 5.73 Å². The standard InChI is InChI=1S/C39H27N3O/c40-24-26-8-5-7-25(21-26)22-35(41)27-15-18-29(19-16-27)42-36-13-3-1-9-31(36)32-20-17-28(23-37(32)42)30-11-6-12-34-33-10-2-4-14-38(33)43-39(30)34/h1-21,23,35H,22,41H2/t35-/m1/s1. The van der Waals surface area contributed by atoms with Gasteiger partial charge in [0.25, 0.3) is 0 Å². The predicted octanol–water partition coefficient (Wildman–Crippen LogP) is 9.46. The molecule has 204 valence electrons. The van der Waals surface area contributed by atoms with E-state index in [0.29, 0.717) is 12.0 Å². The highest BCUT2D eigenvalue weighted by molar-refractivity contribution is 6.12. The molecule has 4 heteroatoms. The second-order valence-corrected chi connectivity index (χ2v) is 11.1. The van der Waals surface area contributed by atoms with Crippen molar-refractivity contribution in [1.82, 2.24) is 4.57 Å². The molecule has 43 heavy (non-hydrogen) atoms. The van der Waals surface area contributed by atoms with Crippen LogP contribution in [0, 0.1) is 11.3 Å². The van der Waals surface area contributed by atoms with Gasteiger partial charge in [-0.3, -0.25) is 0 Å². The zero-order valence-electron chi connectivity index (χ0n) is 23.4. The molecule has 0 saturated carbocycles. The molecule has 0 fully saturated rings. The normalized spacial score (nSPS) is 12.3. The van der Waals surface area contributed by atoms with Crippen molar-refractivity contribution in [3.63, 3.8) is 0 Å². The lowest BCUT2D eigenvalue weighted by Crippen LogP contribution is -2.13. The Morgan fingerprint density at radius 2 is 1.42 bits per heavy atom. The topological polar surface area (TPSA) is 67.9 Å². The highest BCUT2D eigenvalue weighted by Gasteiger charge is 2.17. The van der Waals surface area contributed by atoms with Gasteiger partial charge in [0.05, 0.1) is 22.7 Å². The van der Waals surface area contributed by atoms with Crippen molar-refractivity contribution in [1.29, 1.82) is 5.26 Å². The molecule has 2 heterocycles. The van der Waals surface area contributed by atoms with Crippen LogP contribution in [0.4, 0.5) is 0 Å². The highest BCUT2D eigenvalue weighted by Crippen LogP contribution is 2.39. The van der Waals surface area contributed by atoms with Crippen LogP contribution in [-0.2, 0) is 6.42 Å². The molecule has 2 aromatic heterocycles. The number of hydrogen-bond acceptors (Lipinski definition) is 3. The van der Waals surface area contributed by atoms with E-state index in [-0.39, 0.29) is 6.04 Å². The van der Waals surface area contributed by atoms with Gasteiger partial charge in [0.15, 0.2) is 0 Å². The maximum atomic E-state index is 9.26. The molecule has 0 aliphatic rings. The van der Waals surface area contributed by atoms with Crippen LogP contribution in [0.2, 0.25) is 0 Å². The zero-order valence-corrected chi connectivity index (χ0v) is 23.4. The minimum atomic E-state index is -0.169. The molecule has 0 aliphatic carbocycles. The summed E-state index contributed by atoms with van der Waals surface area (Å²) in [5, 5.41) is 13.9. The van der Waals surface area contributed by atoms with E-state index in [4.69, 9.17) is 10.2 Å². The van der Waals surface area contributed by atoms with Gasteiger partial charge in [0.2, 0.25) is 0 Å². The molecule has 0 radical (unpaired) electrons. The quantitative estimate of drug-likeness (QED) is 0.231. The Labute approximate surface area is 248 Å². The number of fused-ring (bicyclic) bond motifs is 6. The van der Waals surface area contributed by atoms with E-state index in [1.165, 1.54) is 10.8 Å². The third-order valence-corrected chi connectivity index (χ3v) is 8.48. The second kappa shape index (κ2) is 10.0. The molecule has 0 bridgehead atoms. The largest absolute Gasteiger partial charge is 0.455 e. The Kier molecular flexibility index (Phi) is 5.85. The second-order valence-electron chi connectivity index (χ2n) is 11.1. The summed E-state index contributed by atoms with van der Waals surface area (Å²) in [6.07, 6.45) is 0.668. The Balaban J connectivity index is 1.23. The summed E-state index contributed by atoms with van der Waals surface area (Å²) in [7, 11) is 0.